The molecule has 0 heterocycles. The summed E-state index contributed by atoms with van der Waals surface area (Å²) < 4.78 is 4.86. The third-order valence-electron chi connectivity index (χ3n) is 3.92. The molecule has 0 aromatic carbocycles. The van der Waals surface area contributed by atoms with E-state index in [0.29, 0.717) is 0 Å². The quantitative estimate of drug-likeness (QED) is 0.480. The first-order valence-electron chi connectivity index (χ1n) is 7.36. The summed E-state index contributed by atoms with van der Waals surface area (Å²) in [5.41, 5.74) is 2.76. The van der Waals surface area contributed by atoms with Crippen LogP contribution < -0.4 is 24.8 Å². The van der Waals surface area contributed by atoms with Crippen LogP contribution in [0.3, 0.4) is 0 Å². The van der Waals surface area contributed by atoms with Gasteiger partial charge in [0.1, 0.15) is 0 Å². The zero-order chi connectivity index (χ0) is 14.5. The largest absolute Gasteiger partial charge is 1.00 e. The zero-order valence-electron chi connectivity index (χ0n) is 13.2. The molecule has 2 aliphatic carbocycles. The molecule has 22 heavy (non-hydrogen) atoms. The summed E-state index contributed by atoms with van der Waals surface area (Å²) in [5, 5.41) is 18.5. The van der Waals surface area contributed by atoms with E-state index in [9.17, 15) is 10.2 Å². The second kappa shape index (κ2) is 10.9. The first-order chi connectivity index (χ1) is 9.69. The number of rotatable bonds is 6. The van der Waals surface area contributed by atoms with E-state index in [1.165, 1.54) is 11.1 Å². The predicted molar refractivity (Wildman–Crippen MR) is 81.3 cm³/mol. The van der Waals surface area contributed by atoms with E-state index < -0.39 is 21.3 Å². The van der Waals surface area contributed by atoms with E-state index in [0.717, 1.165) is 25.7 Å². The fourth-order valence-corrected chi connectivity index (χ4v) is 11.2. The van der Waals surface area contributed by atoms with Crippen molar-refractivity contribution in [1.82, 2.24) is 0 Å². The molecule has 0 saturated carbocycles. The second-order valence-electron chi connectivity index (χ2n) is 5.54. The molecule has 0 saturated heterocycles. The zero-order valence-corrected chi connectivity index (χ0v) is 17.2. The molecule has 2 nitrogen and oxygen atoms in total. The van der Waals surface area contributed by atoms with Gasteiger partial charge < -0.3 is 24.8 Å². The van der Waals surface area contributed by atoms with Gasteiger partial charge in [0.2, 0.25) is 0 Å². The van der Waals surface area contributed by atoms with Crippen LogP contribution in [0.1, 0.15) is 39.5 Å². The fraction of sp³-hybridized carbons (Fsp3) is 0.471. The molecule has 2 rings (SSSR count). The summed E-state index contributed by atoms with van der Waals surface area (Å²) in [6.07, 6.45) is 12.7. The Morgan fingerprint density at radius 2 is 1.32 bits per heavy atom. The Morgan fingerprint density at radius 3 is 1.64 bits per heavy atom. The third-order valence-corrected chi connectivity index (χ3v) is 11.9. The topological polar surface area (TPSA) is 40.5 Å². The molecule has 0 aliphatic heterocycles. The smallest absolute Gasteiger partial charge is 1.00 e. The van der Waals surface area contributed by atoms with Gasteiger partial charge in [-0.3, -0.25) is 0 Å². The van der Waals surface area contributed by atoms with Crippen molar-refractivity contribution in [2.75, 3.05) is 13.2 Å². The van der Waals surface area contributed by atoms with E-state index in [2.05, 4.69) is 38.2 Å². The first-order valence-corrected chi connectivity index (χ1v) is 11.0. The second-order valence-corrected chi connectivity index (χ2v) is 12.8. The molecular formula is C17H24Cl2O2Zr. The summed E-state index contributed by atoms with van der Waals surface area (Å²) in [6.45, 7) is 5.03. The summed E-state index contributed by atoms with van der Waals surface area (Å²) >= 11 is -1.94. The maximum atomic E-state index is 9.26. The van der Waals surface area contributed by atoms with Crippen molar-refractivity contribution >= 4 is 3.21 Å². The molecule has 5 heteroatoms. The van der Waals surface area contributed by atoms with Crippen LogP contribution in [0.25, 0.3) is 0 Å². The van der Waals surface area contributed by atoms with Crippen LogP contribution in [0, 0.1) is 0 Å². The predicted octanol–water partition coefficient (Wildman–Crippen LogP) is -2.98. The van der Waals surface area contributed by atoms with Gasteiger partial charge in [-0.2, -0.15) is 0 Å². The van der Waals surface area contributed by atoms with Crippen molar-refractivity contribution in [3.05, 3.63) is 42.0 Å². The number of hydrogen-bond acceptors (Lipinski definition) is 2. The van der Waals surface area contributed by atoms with Gasteiger partial charge in [-0.15, -0.1) is 0 Å². The summed E-state index contributed by atoms with van der Waals surface area (Å²) in [5.74, 6) is 0. The number of aliphatic hydroxyl groups excluding tert-OH is 2. The van der Waals surface area contributed by atoms with Crippen molar-refractivity contribution < 1.29 is 56.3 Å². The SMILES string of the molecule is C[C](C)=[Zr+2]([C]1=C(CCO)C=CC1)[C]1=C(CCO)C=CC1.[Cl-].[Cl-]. The van der Waals surface area contributed by atoms with Gasteiger partial charge in [-0.25, -0.2) is 0 Å². The van der Waals surface area contributed by atoms with Crippen LogP contribution in [-0.2, 0) is 21.3 Å². The Hall–Kier alpha value is 0.213. The van der Waals surface area contributed by atoms with Crippen molar-refractivity contribution in [2.45, 2.75) is 39.5 Å². The van der Waals surface area contributed by atoms with Crippen molar-refractivity contribution in [1.29, 1.82) is 0 Å². The Labute approximate surface area is 153 Å². The van der Waals surface area contributed by atoms with Gasteiger partial charge in [0.25, 0.3) is 0 Å². The molecule has 0 unspecified atom stereocenters. The van der Waals surface area contributed by atoms with E-state index in [1.54, 1.807) is 9.77 Å². The molecular weight excluding hydrogens is 398 g/mol. The number of hydrogen-bond donors (Lipinski definition) is 2. The Morgan fingerprint density at radius 1 is 0.909 bits per heavy atom. The standard InChI is InChI=1S/2C7H9O.C3H6.2ClH.Zr/c2*8-6-5-7-3-1-2-4-7;1-3-2;;;/h2*1,3,8H,2,5-6H2;1-2H3;2*1H;/q;;;;;+2/p-2. The molecule has 0 amide bonds. The molecule has 0 spiro atoms. The van der Waals surface area contributed by atoms with Gasteiger partial charge in [0.15, 0.2) is 0 Å². The third kappa shape index (κ3) is 5.11. The maximum Gasteiger partial charge on any atom is -1.00 e. The minimum atomic E-state index is -1.94. The van der Waals surface area contributed by atoms with Crippen LogP contribution >= 0.6 is 0 Å². The van der Waals surface area contributed by atoms with Crippen molar-refractivity contribution in [3.63, 3.8) is 0 Å². The minimum absolute atomic E-state index is 0. The average molecular weight is 423 g/mol. The van der Waals surface area contributed by atoms with Crippen LogP contribution in [0.5, 0.6) is 0 Å². The molecule has 0 radical (unpaired) electrons. The summed E-state index contributed by atoms with van der Waals surface area (Å²) in [4.78, 5) is 0. The Bertz CT molecular complexity index is 497. The fourth-order valence-electron chi connectivity index (χ4n) is 3.12. The number of halogens is 2. The molecule has 0 atom stereocenters. The Balaban J connectivity index is 0.00000220. The molecule has 0 bridgehead atoms. The van der Waals surface area contributed by atoms with Gasteiger partial charge in [0.05, 0.1) is 0 Å². The van der Waals surface area contributed by atoms with Gasteiger partial charge in [-0.1, -0.05) is 0 Å². The first kappa shape index (κ1) is 22.2. The normalized spacial score (nSPS) is 15.6. The van der Waals surface area contributed by atoms with Gasteiger partial charge in [0, 0.05) is 0 Å². The summed E-state index contributed by atoms with van der Waals surface area (Å²) in [6, 6.07) is 0. The van der Waals surface area contributed by atoms with Crippen molar-refractivity contribution in [2.24, 2.45) is 0 Å². The van der Waals surface area contributed by atoms with Crippen LogP contribution in [0.4, 0.5) is 0 Å². The molecule has 0 aromatic rings. The Kier molecular flexibility index (Phi) is 11.0. The molecule has 2 N–H and O–H groups in total. The van der Waals surface area contributed by atoms with Crippen LogP contribution in [0.2, 0.25) is 0 Å². The molecule has 2 aliphatic rings. The number of aliphatic hydroxyl groups is 2. The van der Waals surface area contributed by atoms with E-state index >= 15 is 0 Å². The van der Waals surface area contributed by atoms with E-state index in [-0.39, 0.29) is 38.0 Å². The minimum Gasteiger partial charge on any atom is -1.00 e. The monoisotopic (exact) mass is 420 g/mol. The molecule has 122 valence electrons. The summed E-state index contributed by atoms with van der Waals surface area (Å²) in [7, 11) is 0. The van der Waals surface area contributed by atoms with E-state index in [4.69, 9.17) is 0 Å². The van der Waals surface area contributed by atoms with Gasteiger partial charge in [-0.05, 0) is 0 Å². The number of allylic oxidation sites excluding steroid dienone is 6. The van der Waals surface area contributed by atoms with E-state index in [1.807, 2.05) is 0 Å². The van der Waals surface area contributed by atoms with Gasteiger partial charge >= 0.3 is 129 Å². The molecule has 0 fully saturated rings. The van der Waals surface area contributed by atoms with Crippen LogP contribution in [-0.4, -0.2) is 26.6 Å². The van der Waals surface area contributed by atoms with Crippen molar-refractivity contribution in [3.8, 4) is 0 Å². The average Bonchev–Trinajstić information content (AvgIpc) is 3.02. The molecule has 0 aromatic heterocycles. The maximum absolute atomic E-state index is 9.26. The van der Waals surface area contributed by atoms with Crippen LogP contribution in [0.15, 0.2) is 42.0 Å².